The molecule has 0 saturated carbocycles. The average Bonchev–Trinajstić information content (AvgIpc) is 2.55. The second kappa shape index (κ2) is 8.08. The van der Waals surface area contributed by atoms with E-state index in [0.29, 0.717) is 12.4 Å². The van der Waals surface area contributed by atoms with Crippen LogP contribution < -0.4 is 10.1 Å². The van der Waals surface area contributed by atoms with Gasteiger partial charge in [0, 0.05) is 12.2 Å². The van der Waals surface area contributed by atoms with E-state index in [1.807, 2.05) is 0 Å². The third kappa shape index (κ3) is 4.81. The van der Waals surface area contributed by atoms with Crippen LogP contribution in [0.5, 0.6) is 5.75 Å². The minimum atomic E-state index is -0.926. The molecule has 0 amide bonds. The summed E-state index contributed by atoms with van der Waals surface area (Å²) >= 11 is 0. The number of benzene rings is 2. The number of aromatic carboxylic acids is 1. The molecule has 2 rings (SSSR count). The van der Waals surface area contributed by atoms with Crippen molar-refractivity contribution in [2.24, 2.45) is 0 Å². The van der Waals surface area contributed by atoms with Crippen molar-refractivity contribution >= 4 is 11.7 Å². The van der Waals surface area contributed by atoms with Crippen LogP contribution in [-0.4, -0.2) is 24.2 Å². The number of carboxylic acid groups (broad SMARTS) is 1. The Labute approximate surface area is 130 Å². The van der Waals surface area contributed by atoms with Gasteiger partial charge in [0.15, 0.2) is 0 Å². The molecule has 22 heavy (non-hydrogen) atoms. The zero-order chi connectivity index (χ0) is 15.8. The maximum absolute atomic E-state index is 10.7. The molecule has 0 spiro atoms. The van der Waals surface area contributed by atoms with Crippen LogP contribution in [-0.2, 0) is 6.42 Å². The van der Waals surface area contributed by atoms with Gasteiger partial charge in [0.25, 0.3) is 0 Å². The summed E-state index contributed by atoms with van der Waals surface area (Å²) in [6.45, 7) is 3.56. The van der Waals surface area contributed by atoms with Gasteiger partial charge >= 0.3 is 5.97 Å². The average molecular weight is 299 g/mol. The summed E-state index contributed by atoms with van der Waals surface area (Å²) in [6, 6.07) is 14.9. The molecule has 4 heteroatoms. The van der Waals surface area contributed by atoms with Gasteiger partial charge in [-0.2, -0.15) is 0 Å². The Morgan fingerprint density at radius 2 is 1.77 bits per heavy atom. The fourth-order valence-electron chi connectivity index (χ4n) is 2.05. The lowest BCUT2D eigenvalue weighted by Crippen LogP contribution is -2.07. The molecule has 0 atom stereocenters. The molecule has 0 aliphatic carbocycles. The maximum atomic E-state index is 10.7. The molecule has 116 valence electrons. The van der Waals surface area contributed by atoms with Gasteiger partial charge < -0.3 is 15.2 Å². The van der Waals surface area contributed by atoms with Crippen LogP contribution in [0.4, 0.5) is 5.69 Å². The lowest BCUT2D eigenvalue weighted by molar-refractivity contribution is 0.0697. The van der Waals surface area contributed by atoms with E-state index in [9.17, 15) is 4.79 Å². The van der Waals surface area contributed by atoms with Crippen molar-refractivity contribution in [2.45, 2.75) is 19.8 Å². The highest BCUT2D eigenvalue weighted by molar-refractivity contribution is 5.87. The van der Waals surface area contributed by atoms with Crippen molar-refractivity contribution in [3.63, 3.8) is 0 Å². The number of carboxylic acids is 1. The van der Waals surface area contributed by atoms with E-state index in [4.69, 9.17) is 9.84 Å². The van der Waals surface area contributed by atoms with Crippen LogP contribution in [0.2, 0.25) is 0 Å². The van der Waals surface area contributed by atoms with Crippen LogP contribution in [0, 0.1) is 0 Å². The SMILES string of the molecule is CCc1ccc(NCCCOc2ccc(C(=O)O)cc2)cc1. The summed E-state index contributed by atoms with van der Waals surface area (Å²) in [5, 5.41) is 12.2. The predicted octanol–water partition coefficient (Wildman–Crippen LogP) is 3.83. The number of hydrogen-bond donors (Lipinski definition) is 2. The van der Waals surface area contributed by atoms with Crippen molar-refractivity contribution in [2.75, 3.05) is 18.5 Å². The van der Waals surface area contributed by atoms with Crippen molar-refractivity contribution in [1.29, 1.82) is 0 Å². The molecule has 2 aromatic rings. The van der Waals surface area contributed by atoms with Crippen molar-refractivity contribution in [3.8, 4) is 5.75 Å². The first-order valence-electron chi connectivity index (χ1n) is 7.48. The highest BCUT2D eigenvalue weighted by Crippen LogP contribution is 2.13. The highest BCUT2D eigenvalue weighted by atomic mass is 16.5. The number of rotatable bonds is 8. The van der Waals surface area contributed by atoms with Gasteiger partial charge in [-0.1, -0.05) is 19.1 Å². The molecule has 0 heterocycles. The van der Waals surface area contributed by atoms with Crippen LogP contribution in [0.15, 0.2) is 48.5 Å². The lowest BCUT2D eigenvalue weighted by atomic mass is 10.1. The second-order valence-corrected chi connectivity index (χ2v) is 5.01. The summed E-state index contributed by atoms with van der Waals surface area (Å²) in [6.07, 6.45) is 1.92. The minimum Gasteiger partial charge on any atom is -0.494 e. The number of aryl methyl sites for hydroxylation is 1. The quantitative estimate of drug-likeness (QED) is 0.727. The molecule has 0 radical (unpaired) electrons. The Balaban J connectivity index is 1.67. The van der Waals surface area contributed by atoms with Crippen LogP contribution in [0.3, 0.4) is 0 Å². The largest absolute Gasteiger partial charge is 0.494 e. The molecule has 0 fully saturated rings. The first-order valence-corrected chi connectivity index (χ1v) is 7.48. The molecule has 4 nitrogen and oxygen atoms in total. The van der Waals surface area contributed by atoms with Gasteiger partial charge in [-0.05, 0) is 54.8 Å². The van der Waals surface area contributed by atoms with E-state index in [-0.39, 0.29) is 5.56 Å². The first-order chi connectivity index (χ1) is 10.7. The molecular weight excluding hydrogens is 278 g/mol. The second-order valence-electron chi connectivity index (χ2n) is 5.01. The van der Waals surface area contributed by atoms with Gasteiger partial charge in [-0.25, -0.2) is 4.79 Å². The van der Waals surface area contributed by atoms with Crippen LogP contribution in [0.1, 0.15) is 29.3 Å². The molecular formula is C18H21NO3. The Bertz CT molecular complexity index is 591. The summed E-state index contributed by atoms with van der Waals surface area (Å²) in [7, 11) is 0. The van der Waals surface area contributed by atoms with E-state index in [2.05, 4.69) is 36.5 Å². The maximum Gasteiger partial charge on any atom is 0.335 e. The molecule has 0 aliphatic rings. The molecule has 0 unspecified atom stereocenters. The summed E-state index contributed by atoms with van der Waals surface area (Å²) in [4.78, 5) is 10.7. The fourth-order valence-corrected chi connectivity index (χ4v) is 2.05. The van der Waals surface area contributed by atoms with Crippen molar-refractivity contribution in [1.82, 2.24) is 0 Å². The molecule has 2 N–H and O–H groups in total. The Morgan fingerprint density at radius 3 is 2.36 bits per heavy atom. The van der Waals surface area contributed by atoms with Gasteiger partial charge in [-0.15, -0.1) is 0 Å². The Morgan fingerprint density at radius 1 is 1.09 bits per heavy atom. The van der Waals surface area contributed by atoms with Gasteiger partial charge in [-0.3, -0.25) is 0 Å². The fraction of sp³-hybridized carbons (Fsp3) is 0.278. The summed E-state index contributed by atoms with van der Waals surface area (Å²) in [5.41, 5.74) is 2.71. The van der Waals surface area contributed by atoms with Crippen LogP contribution in [0.25, 0.3) is 0 Å². The van der Waals surface area contributed by atoms with Gasteiger partial charge in [0.05, 0.1) is 12.2 Å². The monoisotopic (exact) mass is 299 g/mol. The van der Waals surface area contributed by atoms with Gasteiger partial charge in [0.2, 0.25) is 0 Å². The first kappa shape index (κ1) is 15.9. The molecule has 0 aromatic heterocycles. The molecule has 0 saturated heterocycles. The zero-order valence-electron chi connectivity index (χ0n) is 12.7. The van der Waals surface area contributed by atoms with Gasteiger partial charge in [0.1, 0.15) is 5.75 Å². The van der Waals surface area contributed by atoms with E-state index in [1.165, 1.54) is 5.56 Å². The highest BCUT2D eigenvalue weighted by Gasteiger charge is 2.01. The Hall–Kier alpha value is -2.49. The van der Waals surface area contributed by atoms with E-state index in [0.717, 1.165) is 25.1 Å². The predicted molar refractivity (Wildman–Crippen MR) is 87.8 cm³/mol. The number of nitrogens with one attached hydrogen (secondary N) is 1. The topological polar surface area (TPSA) is 58.6 Å². The van der Waals surface area contributed by atoms with E-state index >= 15 is 0 Å². The number of hydrogen-bond acceptors (Lipinski definition) is 3. The van der Waals surface area contributed by atoms with E-state index < -0.39 is 5.97 Å². The van der Waals surface area contributed by atoms with Crippen LogP contribution >= 0.6 is 0 Å². The molecule has 2 aromatic carbocycles. The number of carbonyl (C=O) groups is 1. The van der Waals surface area contributed by atoms with E-state index in [1.54, 1.807) is 24.3 Å². The van der Waals surface area contributed by atoms with Crippen molar-refractivity contribution in [3.05, 3.63) is 59.7 Å². The lowest BCUT2D eigenvalue weighted by Gasteiger charge is -2.09. The third-order valence-electron chi connectivity index (χ3n) is 3.38. The standard InChI is InChI=1S/C18H21NO3/c1-2-14-4-8-16(9-5-14)19-12-3-13-22-17-10-6-15(7-11-17)18(20)21/h4-11,19H,2-3,12-13H2,1H3,(H,20,21). The summed E-state index contributed by atoms with van der Waals surface area (Å²) < 4.78 is 5.58. The van der Waals surface area contributed by atoms with Crippen molar-refractivity contribution < 1.29 is 14.6 Å². The molecule has 0 aliphatic heterocycles. The summed E-state index contributed by atoms with van der Waals surface area (Å²) in [5.74, 6) is -0.234. The zero-order valence-corrected chi connectivity index (χ0v) is 12.7. The number of anilines is 1. The normalized spacial score (nSPS) is 10.2. The Kier molecular flexibility index (Phi) is 5.83. The smallest absolute Gasteiger partial charge is 0.335 e. The minimum absolute atomic E-state index is 0.268. The molecule has 0 bridgehead atoms. The third-order valence-corrected chi connectivity index (χ3v) is 3.38. The number of ether oxygens (including phenoxy) is 1.